The van der Waals surface area contributed by atoms with Crippen LogP contribution < -0.4 is 10.6 Å². The number of rotatable bonds is 3. The first kappa shape index (κ1) is 18.5. The molecular weight excluding hydrogens is 343 g/mol. The van der Waals surface area contributed by atoms with Crippen molar-refractivity contribution in [3.63, 3.8) is 0 Å². The quantitative estimate of drug-likeness (QED) is 0.707. The molecule has 3 N–H and O–H groups in total. The van der Waals surface area contributed by atoms with Gasteiger partial charge in [0.1, 0.15) is 5.92 Å². The second kappa shape index (κ2) is 6.60. The third-order valence-corrected chi connectivity index (χ3v) is 3.75. The lowest BCUT2D eigenvalue weighted by molar-refractivity contribution is -0.294. The van der Waals surface area contributed by atoms with Crippen LogP contribution in [0.25, 0.3) is 0 Å². The number of hydrogen-bond acceptors (Lipinski definition) is 5. The third kappa shape index (κ3) is 3.36. The van der Waals surface area contributed by atoms with Crippen molar-refractivity contribution in [3.8, 4) is 6.07 Å². The first-order valence-electron chi connectivity index (χ1n) is 7.18. The molecule has 1 heterocycles. The van der Waals surface area contributed by atoms with Gasteiger partial charge >= 0.3 is 18.2 Å². The number of carbonyl (C=O) groups excluding carboxylic acids is 2. The number of nitrogens with zero attached hydrogens (tertiary/aromatic N) is 1. The number of amides is 2. The average molecular weight is 357 g/mol. The van der Waals surface area contributed by atoms with Crippen LogP contribution in [0.4, 0.5) is 18.0 Å². The van der Waals surface area contributed by atoms with Gasteiger partial charge in [0.05, 0.1) is 24.3 Å². The first-order valence-corrected chi connectivity index (χ1v) is 7.18. The molecule has 0 bridgehead atoms. The van der Waals surface area contributed by atoms with Crippen LogP contribution in [0.3, 0.4) is 0 Å². The summed E-state index contributed by atoms with van der Waals surface area (Å²) in [6, 6.07) is 4.25. The Kier molecular flexibility index (Phi) is 4.89. The molecule has 1 saturated heterocycles. The minimum Gasteiger partial charge on any atom is -0.466 e. The van der Waals surface area contributed by atoms with E-state index in [0.29, 0.717) is 0 Å². The van der Waals surface area contributed by atoms with Gasteiger partial charge < -0.3 is 20.5 Å². The highest BCUT2D eigenvalue weighted by Gasteiger charge is 2.67. The lowest BCUT2D eigenvalue weighted by Gasteiger charge is -2.44. The Labute approximate surface area is 140 Å². The van der Waals surface area contributed by atoms with Crippen molar-refractivity contribution in [2.45, 2.75) is 24.9 Å². The maximum absolute atomic E-state index is 13.4. The number of hydrogen-bond donors (Lipinski definition) is 3. The Morgan fingerprint density at radius 1 is 1.40 bits per heavy atom. The minimum absolute atomic E-state index is 0.106. The number of nitriles is 1. The number of aliphatic hydroxyl groups is 1. The van der Waals surface area contributed by atoms with Crippen molar-refractivity contribution in [3.05, 3.63) is 35.4 Å². The average Bonchev–Trinajstić information content (AvgIpc) is 2.53. The predicted octanol–water partition coefficient (Wildman–Crippen LogP) is 1.34. The molecule has 1 aliphatic rings. The number of halogens is 3. The van der Waals surface area contributed by atoms with Crippen molar-refractivity contribution < 1.29 is 32.6 Å². The molecule has 0 unspecified atom stereocenters. The Morgan fingerprint density at radius 2 is 2.00 bits per heavy atom. The maximum atomic E-state index is 13.4. The molecule has 134 valence electrons. The largest absolute Gasteiger partial charge is 0.466 e. The van der Waals surface area contributed by atoms with E-state index in [2.05, 4.69) is 10.1 Å². The first-order chi connectivity index (χ1) is 11.6. The molecule has 2 amide bonds. The summed E-state index contributed by atoms with van der Waals surface area (Å²) in [7, 11) is 0. The van der Waals surface area contributed by atoms with E-state index in [1.54, 1.807) is 0 Å². The van der Waals surface area contributed by atoms with Gasteiger partial charge in [-0.3, -0.25) is 4.79 Å². The normalized spacial score (nSPS) is 26.2. The summed E-state index contributed by atoms with van der Waals surface area (Å²) < 4.78 is 44.9. The smallest absolute Gasteiger partial charge is 0.437 e. The molecule has 0 aromatic heterocycles. The fourth-order valence-corrected chi connectivity index (χ4v) is 2.58. The van der Waals surface area contributed by atoms with Gasteiger partial charge in [-0.2, -0.15) is 18.4 Å². The zero-order valence-corrected chi connectivity index (χ0v) is 12.9. The summed E-state index contributed by atoms with van der Waals surface area (Å²) >= 11 is 0. The van der Waals surface area contributed by atoms with E-state index in [1.807, 2.05) is 6.07 Å². The van der Waals surface area contributed by atoms with Crippen LogP contribution in [0, 0.1) is 17.2 Å². The second-order valence-electron chi connectivity index (χ2n) is 5.30. The predicted molar refractivity (Wildman–Crippen MR) is 76.7 cm³/mol. The fourth-order valence-electron chi connectivity index (χ4n) is 2.58. The zero-order chi connectivity index (χ0) is 18.8. The number of carbonyl (C=O) groups is 2. The summed E-state index contributed by atoms with van der Waals surface area (Å²) in [6.45, 7) is 1.19. The van der Waals surface area contributed by atoms with Gasteiger partial charge in [-0.15, -0.1) is 0 Å². The van der Waals surface area contributed by atoms with Gasteiger partial charge in [0, 0.05) is 0 Å². The van der Waals surface area contributed by atoms with Crippen LogP contribution in [0.5, 0.6) is 0 Å². The lowest BCUT2D eigenvalue weighted by Crippen LogP contribution is -2.73. The topological polar surface area (TPSA) is 111 Å². The number of nitrogens with one attached hydrogen (secondary N) is 2. The van der Waals surface area contributed by atoms with Gasteiger partial charge in [0.15, 0.2) is 0 Å². The van der Waals surface area contributed by atoms with Gasteiger partial charge in [-0.25, -0.2) is 4.79 Å². The number of ether oxygens (including phenoxy) is 1. The maximum Gasteiger partial charge on any atom is 0.437 e. The van der Waals surface area contributed by atoms with Gasteiger partial charge in [-0.05, 0) is 24.6 Å². The molecule has 10 heteroatoms. The molecule has 3 atom stereocenters. The monoisotopic (exact) mass is 357 g/mol. The van der Waals surface area contributed by atoms with Crippen LogP contribution in [0.15, 0.2) is 24.3 Å². The van der Waals surface area contributed by atoms with Crippen molar-refractivity contribution in [2.24, 2.45) is 5.92 Å². The molecule has 1 aliphatic heterocycles. The Bertz CT molecular complexity index is 714. The summed E-state index contributed by atoms with van der Waals surface area (Å²) in [4.78, 5) is 23.8. The summed E-state index contributed by atoms with van der Waals surface area (Å²) in [6.07, 6.45) is -5.33. The van der Waals surface area contributed by atoms with Crippen LogP contribution >= 0.6 is 0 Å². The zero-order valence-electron chi connectivity index (χ0n) is 12.9. The van der Waals surface area contributed by atoms with Crippen molar-refractivity contribution >= 4 is 12.0 Å². The highest BCUT2D eigenvalue weighted by atomic mass is 19.4. The van der Waals surface area contributed by atoms with Crippen LogP contribution in [0.2, 0.25) is 0 Å². The van der Waals surface area contributed by atoms with Crippen molar-refractivity contribution in [1.82, 2.24) is 10.6 Å². The standard InChI is InChI=1S/C15H14F3N3O4/c1-2-25-12(22)10-11(9-5-3-8(7-19)4-6-9)20-13(23)21-14(10,24)15(16,17)18/h3-6,10-11,24H,2H2,1H3,(H2,20,21,23)/t10-,11+,14-/m0/s1. The van der Waals surface area contributed by atoms with E-state index in [4.69, 9.17) is 5.26 Å². The van der Waals surface area contributed by atoms with E-state index in [9.17, 15) is 27.9 Å². The van der Waals surface area contributed by atoms with Crippen LogP contribution in [-0.2, 0) is 9.53 Å². The molecule has 2 rings (SSSR count). The van der Waals surface area contributed by atoms with E-state index in [-0.39, 0.29) is 17.7 Å². The Morgan fingerprint density at radius 3 is 2.48 bits per heavy atom. The fraction of sp³-hybridized carbons (Fsp3) is 0.400. The van der Waals surface area contributed by atoms with Crippen LogP contribution in [-0.4, -0.2) is 35.6 Å². The molecule has 1 aromatic rings. The SMILES string of the molecule is CCOC(=O)[C@@H]1[C@@H](c2ccc(C#N)cc2)NC(=O)N[C@@]1(O)C(F)(F)F. The van der Waals surface area contributed by atoms with E-state index in [1.165, 1.54) is 36.5 Å². The van der Waals surface area contributed by atoms with Gasteiger partial charge in [-0.1, -0.05) is 12.1 Å². The molecule has 0 aliphatic carbocycles. The number of alkyl halides is 3. The Hall–Kier alpha value is -2.80. The lowest BCUT2D eigenvalue weighted by atomic mass is 9.82. The summed E-state index contributed by atoms with van der Waals surface area (Å²) in [5.74, 6) is -3.51. The molecule has 7 nitrogen and oxygen atoms in total. The van der Waals surface area contributed by atoms with E-state index in [0.717, 1.165) is 0 Å². The van der Waals surface area contributed by atoms with Crippen LogP contribution in [0.1, 0.15) is 24.1 Å². The van der Waals surface area contributed by atoms with Gasteiger partial charge in [0.2, 0.25) is 0 Å². The molecule has 0 spiro atoms. The number of esters is 1. The summed E-state index contributed by atoms with van der Waals surface area (Å²) in [5, 5.41) is 22.5. The summed E-state index contributed by atoms with van der Waals surface area (Å²) in [5.41, 5.74) is -3.46. The third-order valence-electron chi connectivity index (χ3n) is 3.75. The second-order valence-corrected chi connectivity index (χ2v) is 5.30. The molecule has 0 radical (unpaired) electrons. The highest BCUT2D eigenvalue weighted by Crippen LogP contribution is 2.43. The van der Waals surface area contributed by atoms with Crippen molar-refractivity contribution in [1.29, 1.82) is 5.26 Å². The highest BCUT2D eigenvalue weighted by molar-refractivity contribution is 5.83. The molecule has 1 fully saturated rings. The molecule has 25 heavy (non-hydrogen) atoms. The number of urea groups is 1. The van der Waals surface area contributed by atoms with E-state index >= 15 is 0 Å². The van der Waals surface area contributed by atoms with E-state index < -0.39 is 35.9 Å². The number of benzene rings is 1. The molecule has 1 aromatic carbocycles. The van der Waals surface area contributed by atoms with Crippen molar-refractivity contribution in [2.75, 3.05) is 6.61 Å². The minimum atomic E-state index is -5.33. The Balaban J connectivity index is 2.55. The molecular formula is C15H14F3N3O4. The van der Waals surface area contributed by atoms with Gasteiger partial charge in [0.25, 0.3) is 5.72 Å². The molecule has 0 saturated carbocycles.